The molecule has 1 atom stereocenters. The van der Waals surface area contributed by atoms with Crippen molar-refractivity contribution in [3.05, 3.63) is 10.9 Å². The van der Waals surface area contributed by atoms with Gasteiger partial charge in [0.25, 0.3) is 0 Å². The third kappa shape index (κ3) is 3.51. The number of thioether (sulfide) groups is 1. The van der Waals surface area contributed by atoms with Gasteiger partial charge in [0.15, 0.2) is 0 Å². The Morgan fingerprint density at radius 3 is 2.95 bits per heavy atom. The normalized spacial score (nSPS) is 12.8. The topological polar surface area (TPSA) is 63.8 Å². The molecule has 0 radical (unpaired) electrons. The number of fused-ring (bicyclic) bond motifs is 1. The quantitative estimate of drug-likeness (QED) is 0.855. The third-order valence-electron chi connectivity index (χ3n) is 2.95. The fourth-order valence-corrected chi connectivity index (χ4v) is 3.44. The first-order chi connectivity index (χ1) is 9.13. The van der Waals surface area contributed by atoms with Crippen molar-refractivity contribution >= 4 is 45.1 Å². The molecule has 0 aliphatic rings. The number of nitrogens with two attached hydrogens (primary N) is 1. The van der Waals surface area contributed by atoms with Gasteiger partial charge in [-0.15, -0.1) is 11.3 Å². The number of nitrogens with one attached hydrogen (secondary N) is 1. The predicted octanol–water partition coefficient (Wildman–Crippen LogP) is 3.39. The summed E-state index contributed by atoms with van der Waals surface area (Å²) in [5.41, 5.74) is 5.79. The predicted molar refractivity (Wildman–Crippen MR) is 87.3 cm³/mol. The lowest BCUT2D eigenvalue weighted by molar-refractivity contribution is 0.768. The molecule has 1 unspecified atom stereocenters. The van der Waals surface area contributed by atoms with Gasteiger partial charge in [-0.2, -0.15) is 16.7 Å². The van der Waals surface area contributed by atoms with Crippen LogP contribution in [-0.2, 0) is 6.42 Å². The van der Waals surface area contributed by atoms with Crippen LogP contribution < -0.4 is 11.1 Å². The van der Waals surface area contributed by atoms with Crippen molar-refractivity contribution in [2.24, 2.45) is 0 Å². The first-order valence-corrected chi connectivity index (χ1v) is 8.66. The number of rotatable bonds is 6. The summed E-state index contributed by atoms with van der Waals surface area (Å²) in [4.78, 5) is 11.0. The van der Waals surface area contributed by atoms with Gasteiger partial charge in [0.05, 0.1) is 5.39 Å². The number of aromatic nitrogens is 2. The average Bonchev–Trinajstić information content (AvgIpc) is 2.79. The van der Waals surface area contributed by atoms with Crippen molar-refractivity contribution < 1.29 is 0 Å². The van der Waals surface area contributed by atoms with Gasteiger partial charge >= 0.3 is 0 Å². The molecule has 2 heterocycles. The van der Waals surface area contributed by atoms with E-state index in [0.717, 1.165) is 34.6 Å². The maximum Gasteiger partial charge on any atom is 0.223 e. The second-order valence-electron chi connectivity index (χ2n) is 4.54. The molecular weight excluding hydrogens is 276 g/mol. The van der Waals surface area contributed by atoms with Crippen LogP contribution in [0.3, 0.4) is 0 Å². The van der Waals surface area contributed by atoms with E-state index in [1.807, 2.05) is 11.8 Å². The molecule has 0 spiro atoms. The standard InChI is InChI=1S/C13H20N4S2/c1-4-9-7-10-11(15-8(2)5-6-18-3)16-13(14)17-12(10)19-9/h7-8H,4-6H2,1-3H3,(H3,14,15,16,17). The van der Waals surface area contributed by atoms with E-state index < -0.39 is 0 Å². The zero-order valence-corrected chi connectivity index (χ0v) is 13.2. The summed E-state index contributed by atoms with van der Waals surface area (Å²) in [6.45, 7) is 4.32. The highest BCUT2D eigenvalue weighted by molar-refractivity contribution is 7.98. The molecule has 104 valence electrons. The van der Waals surface area contributed by atoms with Crippen LogP contribution in [0.15, 0.2) is 6.07 Å². The molecule has 0 aromatic carbocycles. The summed E-state index contributed by atoms with van der Waals surface area (Å²) in [7, 11) is 0. The van der Waals surface area contributed by atoms with Crippen molar-refractivity contribution in [2.75, 3.05) is 23.1 Å². The maximum absolute atomic E-state index is 5.79. The number of anilines is 2. The van der Waals surface area contributed by atoms with Gasteiger partial charge < -0.3 is 11.1 Å². The third-order valence-corrected chi connectivity index (χ3v) is 4.76. The number of hydrogen-bond acceptors (Lipinski definition) is 6. The van der Waals surface area contributed by atoms with Crippen molar-refractivity contribution in [3.8, 4) is 0 Å². The fraction of sp³-hybridized carbons (Fsp3) is 0.538. The van der Waals surface area contributed by atoms with Crippen LogP contribution in [0.1, 0.15) is 25.1 Å². The largest absolute Gasteiger partial charge is 0.368 e. The molecule has 0 aliphatic carbocycles. The summed E-state index contributed by atoms with van der Waals surface area (Å²) in [5.74, 6) is 2.35. The molecule has 2 aromatic rings. The number of thiophene rings is 1. The maximum atomic E-state index is 5.79. The minimum absolute atomic E-state index is 0.344. The van der Waals surface area contributed by atoms with Crippen LogP contribution in [0.25, 0.3) is 10.2 Å². The highest BCUT2D eigenvalue weighted by Crippen LogP contribution is 2.30. The lowest BCUT2D eigenvalue weighted by atomic mass is 10.2. The van der Waals surface area contributed by atoms with Crippen LogP contribution >= 0.6 is 23.1 Å². The minimum atomic E-state index is 0.344. The molecule has 0 saturated carbocycles. The minimum Gasteiger partial charge on any atom is -0.368 e. The monoisotopic (exact) mass is 296 g/mol. The van der Waals surface area contributed by atoms with Gasteiger partial charge in [-0.3, -0.25) is 0 Å². The summed E-state index contributed by atoms with van der Waals surface area (Å²) in [5, 5.41) is 4.55. The Labute approximate surface area is 122 Å². The second-order valence-corrected chi connectivity index (χ2v) is 6.64. The summed E-state index contributed by atoms with van der Waals surface area (Å²) in [6.07, 6.45) is 4.25. The summed E-state index contributed by atoms with van der Waals surface area (Å²) >= 11 is 3.55. The van der Waals surface area contributed by atoms with Gasteiger partial charge in [-0.1, -0.05) is 6.92 Å². The molecule has 0 bridgehead atoms. The van der Waals surface area contributed by atoms with Crippen molar-refractivity contribution in [3.63, 3.8) is 0 Å². The van der Waals surface area contributed by atoms with E-state index in [-0.39, 0.29) is 0 Å². The first kappa shape index (κ1) is 14.4. The van der Waals surface area contributed by atoms with Crippen LogP contribution in [-0.4, -0.2) is 28.0 Å². The molecule has 0 amide bonds. The van der Waals surface area contributed by atoms with Gasteiger partial charge in [0, 0.05) is 10.9 Å². The highest BCUT2D eigenvalue weighted by atomic mass is 32.2. The Bertz CT molecular complexity index is 553. The Morgan fingerprint density at radius 1 is 1.47 bits per heavy atom. The molecular formula is C13H20N4S2. The lowest BCUT2D eigenvalue weighted by Crippen LogP contribution is -2.17. The van der Waals surface area contributed by atoms with E-state index in [1.54, 1.807) is 11.3 Å². The number of nitrogens with zero attached hydrogens (tertiary/aromatic N) is 2. The highest BCUT2D eigenvalue weighted by Gasteiger charge is 2.12. The summed E-state index contributed by atoms with van der Waals surface area (Å²) < 4.78 is 0. The molecule has 0 saturated heterocycles. The van der Waals surface area contributed by atoms with Crippen LogP contribution in [0.4, 0.5) is 11.8 Å². The zero-order chi connectivity index (χ0) is 13.8. The number of nitrogen functional groups attached to an aromatic ring is 1. The molecule has 0 fully saturated rings. The Kier molecular flexibility index (Phi) is 4.87. The Hall–Kier alpha value is -1.01. The van der Waals surface area contributed by atoms with Gasteiger partial charge in [0.1, 0.15) is 10.6 Å². The molecule has 2 aromatic heterocycles. The fourth-order valence-electron chi connectivity index (χ4n) is 1.87. The molecule has 4 nitrogen and oxygen atoms in total. The Morgan fingerprint density at radius 2 is 2.26 bits per heavy atom. The SMILES string of the molecule is CCc1cc2c(NC(C)CCSC)nc(N)nc2s1. The zero-order valence-electron chi connectivity index (χ0n) is 11.6. The van der Waals surface area contributed by atoms with Crippen molar-refractivity contribution in [1.82, 2.24) is 9.97 Å². The van der Waals surface area contributed by atoms with E-state index in [0.29, 0.717) is 12.0 Å². The van der Waals surface area contributed by atoms with E-state index in [1.165, 1.54) is 4.88 Å². The second kappa shape index (κ2) is 6.43. The first-order valence-electron chi connectivity index (χ1n) is 6.45. The van der Waals surface area contributed by atoms with Gasteiger partial charge in [0.2, 0.25) is 5.95 Å². The number of hydrogen-bond donors (Lipinski definition) is 2. The van der Waals surface area contributed by atoms with Gasteiger partial charge in [-0.25, -0.2) is 4.98 Å². The molecule has 6 heteroatoms. The average molecular weight is 296 g/mol. The van der Waals surface area contributed by atoms with Crippen molar-refractivity contribution in [1.29, 1.82) is 0 Å². The van der Waals surface area contributed by atoms with Gasteiger partial charge in [-0.05, 0) is 37.8 Å². The summed E-state index contributed by atoms with van der Waals surface area (Å²) in [6, 6.07) is 2.55. The number of aryl methyl sites for hydroxylation is 1. The van der Waals surface area contributed by atoms with Crippen molar-refractivity contribution in [2.45, 2.75) is 32.7 Å². The van der Waals surface area contributed by atoms with Crippen LogP contribution in [0.2, 0.25) is 0 Å². The lowest BCUT2D eigenvalue weighted by Gasteiger charge is -2.14. The Balaban J connectivity index is 2.28. The molecule has 19 heavy (non-hydrogen) atoms. The van der Waals surface area contributed by atoms with E-state index in [4.69, 9.17) is 5.73 Å². The van der Waals surface area contributed by atoms with E-state index in [9.17, 15) is 0 Å². The molecule has 2 rings (SSSR count). The van der Waals surface area contributed by atoms with E-state index in [2.05, 4.69) is 41.5 Å². The molecule has 0 aliphatic heterocycles. The van der Waals surface area contributed by atoms with Crippen LogP contribution in [0, 0.1) is 0 Å². The van der Waals surface area contributed by atoms with Crippen LogP contribution in [0.5, 0.6) is 0 Å². The molecule has 3 N–H and O–H groups in total. The smallest absolute Gasteiger partial charge is 0.223 e. The van der Waals surface area contributed by atoms with E-state index >= 15 is 0 Å².